The summed E-state index contributed by atoms with van der Waals surface area (Å²) in [7, 11) is -2.18. The molecule has 12 nitrogen and oxygen atoms in total. The fourth-order valence-electron chi connectivity index (χ4n) is 1.86. The van der Waals surface area contributed by atoms with E-state index in [0.717, 1.165) is 0 Å². The molecule has 0 saturated heterocycles. The van der Waals surface area contributed by atoms with E-state index in [-0.39, 0.29) is 13.1 Å². The molecule has 0 aliphatic carbocycles. The van der Waals surface area contributed by atoms with Gasteiger partial charge in [0.15, 0.2) is 0 Å². The third kappa shape index (κ3) is 9.10. The molecule has 0 aliphatic heterocycles. The van der Waals surface area contributed by atoms with Gasteiger partial charge in [-0.25, -0.2) is 4.21 Å². The molecular formula is C14H24N4O8S. The highest BCUT2D eigenvalue weighted by Gasteiger charge is 2.29. The third-order valence-electron chi connectivity index (χ3n) is 3.32. The quantitative estimate of drug-likeness (QED) is 0.249. The lowest BCUT2D eigenvalue weighted by molar-refractivity contribution is -0.141. The highest BCUT2D eigenvalue weighted by Crippen LogP contribution is 2.01. The van der Waals surface area contributed by atoms with Gasteiger partial charge in [-0.15, -0.1) is 0 Å². The molecule has 0 aliphatic rings. The number of nitrogens with zero attached hydrogens (tertiary/aromatic N) is 1. The fraction of sp³-hybridized carbons (Fsp3) is 0.643. The number of nitrogens with one attached hydrogen (secondary N) is 2. The number of carbonyl (C=O) groups is 5. The summed E-state index contributed by atoms with van der Waals surface area (Å²) in [6.07, 6.45) is -0.658. The molecule has 3 amide bonds. The van der Waals surface area contributed by atoms with Gasteiger partial charge in [0.25, 0.3) is 0 Å². The van der Waals surface area contributed by atoms with Crippen molar-refractivity contribution in [3.05, 3.63) is 0 Å². The Hall–Kier alpha value is -2.54. The normalized spacial score (nSPS) is 13.7. The zero-order chi connectivity index (χ0) is 21.1. The number of nitrogens with two attached hydrogens (primary N) is 1. The van der Waals surface area contributed by atoms with Crippen LogP contribution in [0.5, 0.6) is 0 Å². The molecule has 0 bridgehead atoms. The van der Waals surface area contributed by atoms with Crippen LogP contribution in [0.25, 0.3) is 0 Å². The molecule has 154 valence electrons. The molecular weight excluding hydrogens is 384 g/mol. The van der Waals surface area contributed by atoms with Crippen molar-refractivity contribution in [1.29, 1.82) is 0 Å². The molecule has 0 saturated carbocycles. The van der Waals surface area contributed by atoms with Crippen molar-refractivity contribution in [3.8, 4) is 0 Å². The molecule has 0 radical (unpaired) electrons. The van der Waals surface area contributed by atoms with E-state index in [4.69, 9.17) is 15.9 Å². The summed E-state index contributed by atoms with van der Waals surface area (Å²) in [5.41, 5.74) is 5.23. The van der Waals surface area contributed by atoms with Gasteiger partial charge in [0.2, 0.25) is 11.8 Å². The predicted octanol–water partition coefficient (Wildman–Crippen LogP) is -2.32. The number of carboxylic acid groups (broad SMARTS) is 2. The molecule has 0 rings (SSSR count). The van der Waals surface area contributed by atoms with E-state index in [9.17, 15) is 28.2 Å². The van der Waals surface area contributed by atoms with Gasteiger partial charge in [-0.3, -0.25) is 24.0 Å². The van der Waals surface area contributed by atoms with Crippen LogP contribution in [0.4, 0.5) is 4.79 Å². The fourth-order valence-corrected chi connectivity index (χ4v) is 3.08. The van der Waals surface area contributed by atoms with Crippen LogP contribution in [-0.4, -0.2) is 85.8 Å². The first-order valence-corrected chi connectivity index (χ1v) is 9.29. The van der Waals surface area contributed by atoms with Crippen LogP contribution in [0, 0.1) is 0 Å². The molecule has 0 heterocycles. The van der Waals surface area contributed by atoms with Gasteiger partial charge in [0, 0.05) is 13.1 Å². The monoisotopic (exact) mass is 408 g/mol. The second-order valence-corrected chi connectivity index (χ2v) is 6.70. The van der Waals surface area contributed by atoms with E-state index >= 15 is 0 Å². The van der Waals surface area contributed by atoms with Crippen molar-refractivity contribution in [2.75, 3.05) is 25.4 Å². The average Bonchev–Trinajstić information content (AvgIpc) is 2.59. The average molecular weight is 408 g/mol. The number of rotatable bonds is 11. The van der Waals surface area contributed by atoms with Crippen molar-refractivity contribution < 1.29 is 38.4 Å². The highest BCUT2D eigenvalue weighted by atomic mass is 32.2. The summed E-state index contributed by atoms with van der Waals surface area (Å²) >= 11 is 0. The van der Waals surface area contributed by atoms with Crippen molar-refractivity contribution >= 4 is 39.8 Å². The zero-order valence-corrected chi connectivity index (χ0v) is 15.8. The van der Waals surface area contributed by atoms with Crippen LogP contribution in [0.3, 0.4) is 0 Å². The second kappa shape index (κ2) is 12.0. The van der Waals surface area contributed by atoms with Crippen LogP contribution in [0.2, 0.25) is 0 Å². The molecule has 3 atom stereocenters. The van der Waals surface area contributed by atoms with Crippen LogP contribution in [-0.2, 0) is 30.0 Å². The molecule has 0 aromatic carbocycles. The maximum atomic E-state index is 12.2. The largest absolute Gasteiger partial charge is 0.480 e. The number of hydrogen-bond donors (Lipinski definition) is 5. The van der Waals surface area contributed by atoms with E-state index in [1.54, 1.807) is 13.8 Å². The zero-order valence-electron chi connectivity index (χ0n) is 15.0. The smallest absolute Gasteiger partial charge is 0.322 e. The number of amides is 3. The first kappa shape index (κ1) is 24.5. The highest BCUT2D eigenvalue weighted by molar-refractivity contribution is 8.00. The minimum absolute atomic E-state index is 0.288. The topological polar surface area (TPSA) is 196 Å². The van der Waals surface area contributed by atoms with E-state index in [1.165, 1.54) is 4.90 Å². The SMILES string of the molecule is CCN(CC)C(=O)[S@@](=O)C[C@H](NC(=O)C[C@H](N)C(=O)O)C(=O)NCC(=O)O. The Bertz CT molecular complexity index is 608. The molecule has 0 aromatic heterocycles. The van der Waals surface area contributed by atoms with Crippen molar-refractivity contribution in [2.45, 2.75) is 32.4 Å². The van der Waals surface area contributed by atoms with Crippen molar-refractivity contribution in [3.63, 3.8) is 0 Å². The lowest BCUT2D eigenvalue weighted by Gasteiger charge is -2.21. The molecule has 6 N–H and O–H groups in total. The van der Waals surface area contributed by atoms with Gasteiger partial charge in [0.05, 0.1) is 12.2 Å². The van der Waals surface area contributed by atoms with Gasteiger partial charge >= 0.3 is 17.2 Å². The number of carboxylic acids is 2. The van der Waals surface area contributed by atoms with E-state index < -0.39 is 70.6 Å². The number of hydrogen-bond acceptors (Lipinski definition) is 7. The van der Waals surface area contributed by atoms with Crippen LogP contribution >= 0.6 is 0 Å². The Morgan fingerprint density at radius 1 is 1.11 bits per heavy atom. The molecule has 0 aromatic rings. The van der Waals surface area contributed by atoms with E-state index in [2.05, 4.69) is 5.32 Å². The number of carbonyl (C=O) groups excluding carboxylic acids is 3. The van der Waals surface area contributed by atoms with Crippen LogP contribution < -0.4 is 16.4 Å². The van der Waals surface area contributed by atoms with Crippen LogP contribution in [0.1, 0.15) is 20.3 Å². The first-order valence-electron chi connectivity index (χ1n) is 7.97. The van der Waals surface area contributed by atoms with E-state index in [0.29, 0.717) is 0 Å². The van der Waals surface area contributed by atoms with Crippen molar-refractivity contribution in [2.24, 2.45) is 5.73 Å². The van der Waals surface area contributed by atoms with Gasteiger partial charge in [-0.2, -0.15) is 0 Å². The van der Waals surface area contributed by atoms with Gasteiger partial charge in [-0.05, 0) is 13.8 Å². The summed E-state index contributed by atoms with van der Waals surface area (Å²) in [4.78, 5) is 58.5. The Kier molecular flexibility index (Phi) is 10.8. The van der Waals surface area contributed by atoms with Gasteiger partial charge in [0.1, 0.15) is 29.4 Å². The maximum Gasteiger partial charge on any atom is 0.322 e. The molecule has 13 heteroatoms. The Morgan fingerprint density at radius 2 is 1.67 bits per heavy atom. The standard InChI is InChI=1S/C14H24N4O8S/c1-3-18(4-2)14(25)27(26)7-9(12(22)16-6-11(20)21)17-10(19)5-8(15)13(23)24/h8-9H,3-7,15H2,1-2H3,(H,16,22)(H,17,19)(H,20,21)(H,23,24)/t8-,9-,27-/m0/s1. The Morgan fingerprint density at radius 3 is 2.11 bits per heavy atom. The third-order valence-corrected chi connectivity index (χ3v) is 4.61. The minimum atomic E-state index is -2.18. The summed E-state index contributed by atoms with van der Waals surface area (Å²) in [6, 6.07) is -3.02. The summed E-state index contributed by atoms with van der Waals surface area (Å²) in [5.74, 6) is -5.28. The van der Waals surface area contributed by atoms with Crippen LogP contribution in [0.15, 0.2) is 0 Å². The van der Waals surface area contributed by atoms with Gasteiger partial charge < -0.3 is 31.5 Å². The summed E-state index contributed by atoms with van der Waals surface area (Å²) < 4.78 is 12.2. The van der Waals surface area contributed by atoms with E-state index in [1.807, 2.05) is 5.32 Å². The van der Waals surface area contributed by atoms with Gasteiger partial charge in [-0.1, -0.05) is 0 Å². The lowest BCUT2D eigenvalue weighted by atomic mass is 10.2. The number of aliphatic carboxylic acids is 2. The summed E-state index contributed by atoms with van der Waals surface area (Å²) in [5, 5.41) is 20.7. The predicted molar refractivity (Wildman–Crippen MR) is 94.1 cm³/mol. The first-order chi connectivity index (χ1) is 12.5. The Labute approximate surface area is 157 Å². The summed E-state index contributed by atoms with van der Waals surface area (Å²) in [6.45, 7) is 3.17. The molecule has 0 spiro atoms. The maximum absolute atomic E-state index is 12.2. The molecule has 27 heavy (non-hydrogen) atoms. The molecule has 0 unspecified atom stereocenters. The second-order valence-electron chi connectivity index (χ2n) is 5.33. The Balaban J connectivity index is 5.17. The minimum Gasteiger partial charge on any atom is -0.480 e. The van der Waals surface area contributed by atoms with Crippen molar-refractivity contribution in [1.82, 2.24) is 15.5 Å². The lowest BCUT2D eigenvalue weighted by Crippen LogP contribution is -2.52. The molecule has 0 fully saturated rings.